The van der Waals surface area contributed by atoms with Crippen LogP contribution in [0.2, 0.25) is 0 Å². The maximum absolute atomic E-state index is 12.0. The Morgan fingerprint density at radius 3 is 2.06 bits per heavy atom. The topological polar surface area (TPSA) is 52.6 Å². The summed E-state index contributed by atoms with van der Waals surface area (Å²) in [7, 11) is -0.570. The minimum absolute atomic E-state index is 0.249. The molecule has 1 rings (SSSR count). The van der Waals surface area contributed by atoms with Crippen molar-refractivity contribution in [2.24, 2.45) is 0 Å². The molecule has 0 aliphatic heterocycles. The summed E-state index contributed by atoms with van der Waals surface area (Å²) >= 11 is 0. The number of hydrogen-bond donors (Lipinski definition) is 0. The highest BCUT2D eigenvalue weighted by Crippen LogP contribution is 2.17. The van der Waals surface area contributed by atoms with Gasteiger partial charge in [0.05, 0.1) is 4.90 Å². The van der Waals surface area contributed by atoms with Gasteiger partial charge in [-0.3, -0.25) is 0 Å². The second kappa shape index (κ2) is 5.65. The molecule has 0 bridgehead atoms. The SMILES string of the molecule is COC(C)(C=CS(=O)(=O)c1ccc(C)cc1)OC. The Hall–Kier alpha value is -1.17. The van der Waals surface area contributed by atoms with Gasteiger partial charge in [0, 0.05) is 19.6 Å². The quantitative estimate of drug-likeness (QED) is 0.770. The van der Waals surface area contributed by atoms with Crippen molar-refractivity contribution in [2.45, 2.75) is 24.5 Å². The van der Waals surface area contributed by atoms with Gasteiger partial charge in [-0.2, -0.15) is 0 Å². The molecule has 0 N–H and O–H groups in total. The lowest BCUT2D eigenvalue weighted by Crippen LogP contribution is -2.26. The Morgan fingerprint density at radius 1 is 1.11 bits per heavy atom. The summed E-state index contributed by atoms with van der Waals surface area (Å²) in [6, 6.07) is 6.66. The van der Waals surface area contributed by atoms with E-state index in [2.05, 4.69) is 0 Å². The molecule has 0 atom stereocenters. The fourth-order valence-corrected chi connectivity index (χ4v) is 2.34. The lowest BCUT2D eigenvalue weighted by molar-refractivity contribution is -0.155. The lowest BCUT2D eigenvalue weighted by Gasteiger charge is -2.21. The number of benzene rings is 1. The number of sulfone groups is 1. The van der Waals surface area contributed by atoms with Gasteiger partial charge in [-0.05, 0) is 32.1 Å². The van der Waals surface area contributed by atoms with Crippen molar-refractivity contribution < 1.29 is 17.9 Å². The van der Waals surface area contributed by atoms with Gasteiger partial charge in [-0.15, -0.1) is 0 Å². The summed E-state index contributed by atoms with van der Waals surface area (Å²) in [6.45, 7) is 3.54. The van der Waals surface area contributed by atoms with Crippen LogP contribution in [-0.4, -0.2) is 28.4 Å². The zero-order valence-electron chi connectivity index (χ0n) is 11.0. The molecule has 0 radical (unpaired) electrons. The first-order chi connectivity index (χ1) is 8.33. The van der Waals surface area contributed by atoms with Crippen LogP contribution < -0.4 is 0 Å². The molecular weight excluding hydrogens is 252 g/mol. The van der Waals surface area contributed by atoms with E-state index >= 15 is 0 Å². The van der Waals surface area contributed by atoms with E-state index in [1.165, 1.54) is 20.3 Å². The van der Waals surface area contributed by atoms with Crippen molar-refractivity contribution in [1.29, 1.82) is 0 Å². The number of methoxy groups -OCH3 is 2. The van der Waals surface area contributed by atoms with E-state index < -0.39 is 15.6 Å². The van der Waals surface area contributed by atoms with Crippen LogP contribution in [0.5, 0.6) is 0 Å². The Kier molecular flexibility index (Phi) is 4.67. The maximum atomic E-state index is 12.0. The van der Waals surface area contributed by atoms with Crippen LogP contribution in [-0.2, 0) is 19.3 Å². The normalized spacial score (nSPS) is 13.1. The van der Waals surface area contributed by atoms with Crippen molar-refractivity contribution >= 4 is 9.84 Å². The highest BCUT2D eigenvalue weighted by Gasteiger charge is 2.20. The summed E-state index contributed by atoms with van der Waals surface area (Å²) in [5.74, 6) is -1.04. The van der Waals surface area contributed by atoms with Crippen molar-refractivity contribution in [3.05, 3.63) is 41.3 Å². The molecule has 4 nitrogen and oxygen atoms in total. The fourth-order valence-electron chi connectivity index (χ4n) is 1.24. The zero-order valence-corrected chi connectivity index (χ0v) is 11.8. The van der Waals surface area contributed by atoms with Crippen molar-refractivity contribution in [2.75, 3.05) is 14.2 Å². The summed E-state index contributed by atoms with van der Waals surface area (Å²) in [4.78, 5) is 0.249. The van der Waals surface area contributed by atoms with Gasteiger partial charge in [0.15, 0.2) is 15.6 Å². The molecular formula is C13H18O4S. The zero-order chi connectivity index (χ0) is 13.8. The predicted octanol–water partition coefficient (Wildman–Crippen LogP) is 2.29. The van der Waals surface area contributed by atoms with Gasteiger partial charge in [0.1, 0.15) is 0 Å². The highest BCUT2D eigenvalue weighted by atomic mass is 32.2. The molecule has 0 fully saturated rings. The molecule has 18 heavy (non-hydrogen) atoms. The monoisotopic (exact) mass is 270 g/mol. The molecule has 0 aliphatic carbocycles. The Labute approximate surface area is 108 Å². The lowest BCUT2D eigenvalue weighted by atomic mass is 10.2. The first-order valence-corrected chi connectivity index (χ1v) is 6.99. The van der Waals surface area contributed by atoms with E-state index in [-0.39, 0.29) is 4.90 Å². The van der Waals surface area contributed by atoms with Crippen LogP contribution in [0.3, 0.4) is 0 Å². The average molecular weight is 270 g/mol. The predicted molar refractivity (Wildman–Crippen MR) is 69.9 cm³/mol. The molecule has 0 spiro atoms. The van der Waals surface area contributed by atoms with E-state index in [9.17, 15) is 8.42 Å². The molecule has 0 aliphatic rings. The molecule has 5 heteroatoms. The molecule has 0 saturated heterocycles. The van der Waals surface area contributed by atoms with E-state index in [1.807, 2.05) is 6.92 Å². The molecule has 1 aromatic carbocycles. The minimum atomic E-state index is -3.47. The van der Waals surface area contributed by atoms with Crippen molar-refractivity contribution in [3.8, 4) is 0 Å². The van der Waals surface area contributed by atoms with E-state index in [0.717, 1.165) is 11.0 Å². The number of rotatable bonds is 5. The van der Waals surface area contributed by atoms with Crippen LogP contribution in [0.1, 0.15) is 12.5 Å². The number of ether oxygens (including phenoxy) is 2. The Bertz CT molecular complexity index is 510. The Morgan fingerprint density at radius 2 is 1.61 bits per heavy atom. The average Bonchev–Trinajstić information content (AvgIpc) is 2.37. The first-order valence-electron chi connectivity index (χ1n) is 5.44. The largest absolute Gasteiger partial charge is 0.350 e. The summed E-state index contributed by atoms with van der Waals surface area (Å²) in [6.07, 6.45) is 1.38. The van der Waals surface area contributed by atoms with Crippen LogP contribution in [0, 0.1) is 6.92 Å². The third-order valence-electron chi connectivity index (χ3n) is 2.71. The molecule has 100 valence electrons. The molecule has 0 unspecified atom stereocenters. The number of hydrogen-bond acceptors (Lipinski definition) is 4. The van der Waals surface area contributed by atoms with Crippen LogP contribution in [0.25, 0.3) is 0 Å². The summed E-state index contributed by atoms with van der Waals surface area (Å²) in [5.41, 5.74) is 1.01. The third-order valence-corrected chi connectivity index (χ3v) is 4.13. The summed E-state index contributed by atoms with van der Waals surface area (Å²) < 4.78 is 34.2. The maximum Gasteiger partial charge on any atom is 0.199 e. The van der Waals surface area contributed by atoms with E-state index in [0.29, 0.717) is 0 Å². The van der Waals surface area contributed by atoms with E-state index in [4.69, 9.17) is 9.47 Å². The molecule has 0 aromatic heterocycles. The molecule has 0 saturated carbocycles. The van der Waals surface area contributed by atoms with Gasteiger partial charge in [0.2, 0.25) is 0 Å². The smallest absolute Gasteiger partial charge is 0.199 e. The highest BCUT2D eigenvalue weighted by molar-refractivity contribution is 7.94. The van der Waals surface area contributed by atoms with Gasteiger partial charge >= 0.3 is 0 Å². The minimum Gasteiger partial charge on any atom is -0.350 e. The molecule has 0 heterocycles. The van der Waals surface area contributed by atoms with Crippen LogP contribution in [0.15, 0.2) is 40.6 Å². The van der Waals surface area contributed by atoms with Crippen molar-refractivity contribution in [3.63, 3.8) is 0 Å². The second-order valence-electron chi connectivity index (χ2n) is 4.09. The number of aryl methyl sites for hydroxylation is 1. The van der Waals surface area contributed by atoms with Crippen molar-refractivity contribution in [1.82, 2.24) is 0 Å². The fraction of sp³-hybridized carbons (Fsp3) is 0.385. The summed E-state index contributed by atoms with van der Waals surface area (Å²) in [5, 5.41) is 1.10. The first kappa shape index (κ1) is 14.9. The van der Waals surface area contributed by atoms with Crippen LogP contribution >= 0.6 is 0 Å². The molecule has 1 aromatic rings. The standard InChI is InChI=1S/C13H18O4S/c1-11-5-7-12(8-6-11)18(14,15)10-9-13(2,16-3)17-4/h5-10H,1-4H3. The third kappa shape index (κ3) is 3.66. The van der Waals surface area contributed by atoms with Crippen LogP contribution in [0.4, 0.5) is 0 Å². The molecule has 0 amide bonds. The van der Waals surface area contributed by atoms with Gasteiger partial charge in [-0.1, -0.05) is 17.7 Å². The van der Waals surface area contributed by atoms with Gasteiger partial charge < -0.3 is 9.47 Å². The van der Waals surface area contributed by atoms with Gasteiger partial charge in [-0.25, -0.2) is 8.42 Å². The second-order valence-corrected chi connectivity index (χ2v) is 5.92. The Balaban J connectivity index is 3.02. The van der Waals surface area contributed by atoms with E-state index in [1.54, 1.807) is 31.2 Å². The van der Waals surface area contributed by atoms with Gasteiger partial charge in [0.25, 0.3) is 0 Å².